The van der Waals surface area contributed by atoms with Crippen LogP contribution in [-0.2, 0) is 26.1 Å². The smallest absolute Gasteiger partial charge is 1.00 e. The predicted molar refractivity (Wildman–Crippen MR) is 63.2 cm³/mol. The summed E-state index contributed by atoms with van der Waals surface area (Å²) in [5, 5.41) is 0. The first-order valence-corrected chi connectivity index (χ1v) is 6.60. The maximum absolute atomic E-state index is 11.4. The van der Waals surface area contributed by atoms with Gasteiger partial charge < -0.3 is 6.16 Å². The Bertz CT molecular complexity index is 477. The zero-order chi connectivity index (χ0) is 12.9. The van der Waals surface area contributed by atoms with Crippen molar-refractivity contribution in [3.8, 4) is 0 Å². The molecule has 0 aliphatic carbocycles. The molecule has 0 saturated carbocycles. The van der Waals surface area contributed by atoms with Crippen LogP contribution < -0.4 is 29.6 Å². The summed E-state index contributed by atoms with van der Waals surface area (Å²) in [6.07, 6.45) is 0.216. The molecule has 0 fully saturated rings. The molecule has 7 heteroatoms. The second kappa shape index (κ2) is 7.91. The largest absolute Gasteiger partial charge is 1.00 e. The van der Waals surface area contributed by atoms with E-state index >= 15 is 0 Å². The van der Waals surface area contributed by atoms with E-state index in [9.17, 15) is 13.2 Å². The van der Waals surface area contributed by atoms with Gasteiger partial charge in [0.25, 0.3) is 10.1 Å². The predicted octanol–water partition coefficient (Wildman–Crippen LogP) is -1.98. The van der Waals surface area contributed by atoms with Crippen molar-refractivity contribution in [1.29, 1.82) is 0 Å². The van der Waals surface area contributed by atoms with Gasteiger partial charge in [0, 0.05) is 0 Å². The minimum atomic E-state index is -4.20. The molecule has 0 spiro atoms. The third kappa shape index (κ3) is 6.51. The topological polar surface area (TPSA) is 80.7 Å². The summed E-state index contributed by atoms with van der Waals surface area (Å²) < 4.78 is 34.9. The van der Waals surface area contributed by atoms with Crippen molar-refractivity contribution in [3.63, 3.8) is 0 Å². The van der Waals surface area contributed by atoms with Crippen LogP contribution in [0.25, 0.3) is 0 Å². The molecule has 18 heavy (non-hydrogen) atoms. The molecule has 1 atom stereocenters. The zero-order valence-corrected chi connectivity index (χ0v) is 13.2. The summed E-state index contributed by atoms with van der Waals surface area (Å²) in [5.74, 6) is -2.17. The molecule has 0 radical (unpaired) electrons. The van der Waals surface area contributed by atoms with Gasteiger partial charge in [-0.05, 0) is 12.0 Å². The molecule has 0 aliphatic rings. The van der Waals surface area contributed by atoms with E-state index in [4.69, 9.17) is 4.55 Å². The van der Waals surface area contributed by atoms with Crippen LogP contribution in [0.5, 0.6) is 0 Å². The van der Waals surface area contributed by atoms with Crippen LogP contribution in [0.15, 0.2) is 30.3 Å². The third-order valence-electron chi connectivity index (χ3n) is 2.27. The normalized spacial score (nSPS) is 12.3. The fraction of sp³-hybridized carbons (Fsp3) is 0.364. The van der Waals surface area contributed by atoms with Crippen molar-refractivity contribution in [3.05, 3.63) is 35.9 Å². The Balaban J connectivity index is 0. The van der Waals surface area contributed by atoms with E-state index in [1.54, 1.807) is 24.3 Å². The molecule has 1 aromatic rings. The molecule has 1 unspecified atom stereocenters. The van der Waals surface area contributed by atoms with E-state index < -0.39 is 27.8 Å². The van der Waals surface area contributed by atoms with Gasteiger partial charge in [-0.2, -0.15) is 8.42 Å². The first kappa shape index (κ1) is 17.6. The fourth-order valence-electron chi connectivity index (χ4n) is 1.53. The molecule has 5 nitrogen and oxygen atoms in total. The quantitative estimate of drug-likeness (QED) is 0.385. The zero-order valence-electron chi connectivity index (χ0n) is 11.4. The van der Waals surface area contributed by atoms with E-state index in [1.807, 2.05) is 6.07 Å². The van der Waals surface area contributed by atoms with Gasteiger partial charge in [0.15, 0.2) is 0 Å². The molecular weight excluding hydrogens is 267 g/mol. The van der Waals surface area contributed by atoms with Gasteiger partial charge in [-0.15, -0.1) is 0 Å². The van der Waals surface area contributed by atoms with Crippen LogP contribution in [0.1, 0.15) is 6.99 Å². The Hall–Kier alpha value is -0.400. The summed E-state index contributed by atoms with van der Waals surface area (Å²) in [6.45, 7) is 0. The number of hydrogen-bond acceptors (Lipinski definition) is 4. The molecule has 0 aromatic heterocycles. The molecule has 1 N–H and O–H groups in total. The number of ether oxygens (including phenoxy) is 1. The molecule has 0 aliphatic heterocycles. The Morgan fingerprint density at radius 2 is 1.94 bits per heavy atom. The van der Waals surface area contributed by atoms with E-state index in [0.717, 1.165) is 5.56 Å². The SMILES string of the molecule is COC(=O)C(Cc1ccccc1)CS(=O)(=O)O.[H-].[Na+]. The molecule has 96 valence electrons. The molecule has 0 bridgehead atoms. The number of carbonyl (C=O) groups excluding carboxylic acids is 1. The maximum atomic E-state index is 11.4. The van der Waals surface area contributed by atoms with Crippen molar-refractivity contribution in [2.24, 2.45) is 5.92 Å². The second-order valence-corrected chi connectivity index (χ2v) is 5.16. The fourth-order valence-corrected chi connectivity index (χ4v) is 2.29. The third-order valence-corrected chi connectivity index (χ3v) is 3.09. The summed E-state index contributed by atoms with van der Waals surface area (Å²) in [7, 11) is -3.01. The van der Waals surface area contributed by atoms with Gasteiger partial charge >= 0.3 is 35.5 Å². The Morgan fingerprint density at radius 1 is 1.39 bits per heavy atom. The maximum Gasteiger partial charge on any atom is 1.00 e. The van der Waals surface area contributed by atoms with Crippen LogP contribution in [0.3, 0.4) is 0 Å². The second-order valence-electron chi connectivity index (χ2n) is 3.66. The Labute approximate surface area is 130 Å². The number of hydrogen-bond donors (Lipinski definition) is 1. The van der Waals surface area contributed by atoms with Crippen LogP contribution in [-0.4, -0.2) is 31.8 Å². The summed E-state index contributed by atoms with van der Waals surface area (Å²) in [6, 6.07) is 8.95. The Kier molecular flexibility index (Phi) is 7.73. The van der Waals surface area contributed by atoms with Crippen LogP contribution >= 0.6 is 0 Å². The number of methoxy groups -OCH3 is 1. The van der Waals surface area contributed by atoms with Crippen molar-refractivity contribution < 1.29 is 53.5 Å². The molecule has 1 rings (SSSR count). The number of rotatable bonds is 5. The van der Waals surface area contributed by atoms with Crippen molar-refractivity contribution in [1.82, 2.24) is 0 Å². The monoisotopic (exact) mass is 282 g/mol. The van der Waals surface area contributed by atoms with Gasteiger partial charge in [-0.3, -0.25) is 9.35 Å². The molecule has 0 saturated heterocycles. The number of benzene rings is 1. The van der Waals surface area contributed by atoms with Gasteiger partial charge in [-0.1, -0.05) is 30.3 Å². The van der Waals surface area contributed by atoms with Crippen molar-refractivity contribution >= 4 is 16.1 Å². The molecule has 0 amide bonds. The van der Waals surface area contributed by atoms with E-state index in [0.29, 0.717) is 0 Å². The molecule has 0 heterocycles. The van der Waals surface area contributed by atoms with Gasteiger partial charge in [0.1, 0.15) is 0 Å². The van der Waals surface area contributed by atoms with Crippen molar-refractivity contribution in [2.45, 2.75) is 6.42 Å². The standard InChI is InChI=1S/C11H14O5S.Na.H/c1-16-11(12)10(8-17(13,14)15)7-9-5-3-2-4-6-9;;/h2-6,10H,7-8H2,1H3,(H,13,14,15);;/q;+1;-1. The van der Waals surface area contributed by atoms with E-state index in [2.05, 4.69) is 4.74 Å². The summed E-state index contributed by atoms with van der Waals surface area (Å²) >= 11 is 0. The van der Waals surface area contributed by atoms with Gasteiger partial charge in [-0.25, -0.2) is 0 Å². The van der Waals surface area contributed by atoms with E-state index in [1.165, 1.54) is 7.11 Å². The molecular formula is C11H15NaO5S. The van der Waals surface area contributed by atoms with Crippen LogP contribution in [0.4, 0.5) is 0 Å². The average molecular weight is 282 g/mol. The van der Waals surface area contributed by atoms with Gasteiger partial charge in [0.2, 0.25) is 0 Å². The van der Waals surface area contributed by atoms with Crippen LogP contribution in [0, 0.1) is 5.92 Å². The van der Waals surface area contributed by atoms with Crippen LogP contribution in [0.2, 0.25) is 0 Å². The van der Waals surface area contributed by atoms with Gasteiger partial charge in [0.05, 0.1) is 18.8 Å². The summed E-state index contributed by atoms with van der Waals surface area (Å²) in [5.41, 5.74) is 0.812. The average Bonchev–Trinajstić information content (AvgIpc) is 2.27. The number of carbonyl (C=O) groups is 1. The number of esters is 1. The summed E-state index contributed by atoms with van der Waals surface area (Å²) in [4.78, 5) is 11.4. The Morgan fingerprint density at radius 3 is 2.39 bits per heavy atom. The van der Waals surface area contributed by atoms with Crippen molar-refractivity contribution in [2.75, 3.05) is 12.9 Å². The molecule has 1 aromatic carbocycles. The first-order chi connectivity index (χ1) is 7.92. The minimum absolute atomic E-state index is 0. The van der Waals surface area contributed by atoms with E-state index in [-0.39, 0.29) is 37.4 Å². The minimum Gasteiger partial charge on any atom is -1.00 e. The first-order valence-electron chi connectivity index (χ1n) is 4.99.